The van der Waals surface area contributed by atoms with Crippen LogP contribution in [0, 0.1) is 6.92 Å². The van der Waals surface area contributed by atoms with Crippen LogP contribution < -0.4 is 4.74 Å². The molecule has 0 bridgehead atoms. The summed E-state index contributed by atoms with van der Waals surface area (Å²) in [4.78, 5) is 4.29. The SMILES string of the molecule is COc1cc(-c2nnc([C@@H]3CCCO[C@H]3c3ccnn3C)o2)cc(C)n1. The number of pyridine rings is 1. The van der Waals surface area contributed by atoms with E-state index in [0.29, 0.717) is 24.3 Å². The molecule has 0 saturated carbocycles. The summed E-state index contributed by atoms with van der Waals surface area (Å²) in [6.07, 6.45) is 3.52. The third kappa shape index (κ3) is 3.08. The molecule has 1 aliphatic rings. The second-order valence-corrected chi connectivity index (χ2v) is 6.40. The predicted molar refractivity (Wildman–Crippen MR) is 92.7 cm³/mol. The van der Waals surface area contributed by atoms with Crippen molar-refractivity contribution in [3.05, 3.63) is 41.7 Å². The van der Waals surface area contributed by atoms with Crippen LogP contribution in [0.15, 0.2) is 28.8 Å². The van der Waals surface area contributed by atoms with Crippen molar-refractivity contribution >= 4 is 0 Å². The summed E-state index contributed by atoms with van der Waals surface area (Å²) in [7, 11) is 3.50. The van der Waals surface area contributed by atoms with E-state index >= 15 is 0 Å². The number of aromatic nitrogens is 5. The van der Waals surface area contributed by atoms with Gasteiger partial charge in [0, 0.05) is 37.2 Å². The van der Waals surface area contributed by atoms with Crippen molar-refractivity contribution in [3.8, 4) is 17.3 Å². The molecule has 8 nitrogen and oxygen atoms in total. The minimum Gasteiger partial charge on any atom is -0.481 e. The van der Waals surface area contributed by atoms with Crippen LogP contribution in [-0.4, -0.2) is 38.7 Å². The van der Waals surface area contributed by atoms with Gasteiger partial charge in [0.2, 0.25) is 17.7 Å². The Hall–Kier alpha value is -2.74. The minimum absolute atomic E-state index is 0.00484. The van der Waals surface area contributed by atoms with Crippen LogP contribution in [0.4, 0.5) is 0 Å². The molecular formula is C18H21N5O3. The molecule has 2 atom stereocenters. The summed E-state index contributed by atoms with van der Waals surface area (Å²) in [5.74, 6) is 1.57. The summed E-state index contributed by atoms with van der Waals surface area (Å²) in [6.45, 7) is 2.62. The van der Waals surface area contributed by atoms with Gasteiger partial charge in [0.1, 0.15) is 6.10 Å². The highest BCUT2D eigenvalue weighted by Crippen LogP contribution is 2.40. The van der Waals surface area contributed by atoms with Gasteiger partial charge in [-0.1, -0.05) is 0 Å². The van der Waals surface area contributed by atoms with Gasteiger partial charge in [-0.25, -0.2) is 4.98 Å². The van der Waals surface area contributed by atoms with E-state index in [9.17, 15) is 0 Å². The summed E-state index contributed by atoms with van der Waals surface area (Å²) >= 11 is 0. The summed E-state index contributed by atoms with van der Waals surface area (Å²) in [5, 5.41) is 12.8. The van der Waals surface area contributed by atoms with E-state index in [2.05, 4.69) is 20.3 Å². The monoisotopic (exact) mass is 355 g/mol. The molecule has 0 spiro atoms. The van der Waals surface area contributed by atoms with E-state index in [0.717, 1.165) is 29.8 Å². The van der Waals surface area contributed by atoms with Crippen LogP contribution >= 0.6 is 0 Å². The number of hydrogen-bond donors (Lipinski definition) is 0. The summed E-state index contributed by atoms with van der Waals surface area (Å²) in [6, 6.07) is 5.66. The van der Waals surface area contributed by atoms with Crippen LogP contribution in [-0.2, 0) is 11.8 Å². The molecule has 0 aromatic carbocycles. The lowest BCUT2D eigenvalue weighted by atomic mass is 9.92. The quantitative estimate of drug-likeness (QED) is 0.711. The first-order valence-electron chi connectivity index (χ1n) is 8.61. The first-order valence-corrected chi connectivity index (χ1v) is 8.61. The highest BCUT2D eigenvalue weighted by molar-refractivity contribution is 5.54. The fraction of sp³-hybridized carbons (Fsp3) is 0.444. The van der Waals surface area contributed by atoms with Gasteiger partial charge in [0.05, 0.1) is 18.7 Å². The predicted octanol–water partition coefficient (Wildman–Crippen LogP) is 2.82. The van der Waals surface area contributed by atoms with E-state index in [1.54, 1.807) is 19.4 Å². The number of hydrogen-bond acceptors (Lipinski definition) is 7. The Morgan fingerprint density at radius 2 is 2.15 bits per heavy atom. The topological polar surface area (TPSA) is 88.1 Å². The van der Waals surface area contributed by atoms with Gasteiger partial charge in [-0.05, 0) is 31.9 Å². The molecular weight excluding hydrogens is 334 g/mol. The van der Waals surface area contributed by atoms with E-state index in [-0.39, 0.29) is 12.0 Å². The molecule has 1 aliphatic heterocycles. The van der Waals surface area contributed by atoms with Crippen LogP contribution in [0.5, 0.6) is 5.88 Å². The molecule has 136 valence electrons. The Bertz CT molecular complexity index is 904. The lowest BCUT2D eigenvalue weighted by molar-refractivity contribution is -0.0135. The van der Waals surface area contributed by atoms with Gasteiger partial charge < -0.3 is 13.9 Å². The van der Waals surface area contributed by atoms with Crippen molar-refractivity contribution in [2.75, 3.05) is 13.7 Å². The van der Waals surface area contributed by atoms with Crippen LogP contribution in [0.1, 0.15) is 42.1 Å². The minimum atomic E-state index is -0.140. The van der Waals surface area contributed by atoms with Crippen molar-refractivity contribution in [1.29, 1.82) is 0 Å². The van der Waals surface area contributed by atoms with Gasteiger partial charge in [-0.2, -0.15) is 5.10 Å². The number of nitrogens with zero attached hydrogens (tertiary/aromatic N) is 5. The molecule has 3 aromatic heterocycles. The van der Waals surface area contributed by atoms with Gasteiger partial charge in [0.25, 0.3) is 0 Å². The second kappa shape index (κ2) is 6.87. The maximum absolute atomic E-state index is 6.02. The van der Waals surface area contributed by atoms with Crippen molar-refractivity contribution < 1.29 is 13.9 Å². The third-order valence-corrected chi connectivity index (χ3v) is 4.62. The molecule has 0 radical (unpaired) electrons. The Labute approximate surface area is 151 Å². The molecule has 4 heterocycles. The van der Waals surface area contributed by atoms with E-state index in [1.165, 1.54) is 0 Å². The maximum atomic E-state index is 6.02. The number of rotatable bonds is 4. The lowest BCUT2D eigenvalue weighted by Crippen LogP contribution is -2.23. The van der Waals surface area contributed by atoms with Crippen LogP contribution in [0.3, 0.4) is 0 Å². The zero-order valence-corrected chi connectivity index (χ0v) is 15.0. The largest absolute Gasteiger partial charge is 0.481 e. The van der Waals surface area contributed by atoms with Gasteiger partial charge in [-0.15, -0.1) is 10.2 Å². The molecule has 1 saturated heterocycles. The molecule has 26 heavy (non-hydrogen) atoms. The van der Waals surface area contributed by atoms with Crippen molar-refractivity contribution in [2.24, 2.45) is 7.05 Å². The van der Waals surface area contributed by atoms with Crippen LogP contribution in [0.2, 0.25) is 0 Å². The lowest BCUT2D eigenvalue weighted by Gasteiger charge is -2.29. The Balaban J connectivity index is 1.66. The van der Waals surface area contributed by atoms with Gasteiger partial charge in [-0.3, -0.25) is 4.68 Å². The molecule has 0 aliphatic carbocycles. The Morgan fingerprint density at radius 3 is 2.92 bits per heavy atom. The summed E-state index contributed by atoms with van der Waals surface area (Å²) < 4.78 is 19.1. The number of ether oxygens (including phenoxy) is 2. The highest BCUT2D eigenvalue weighted by atomic mass is 16.5. The van der Waals surface area contributed by atoms with Crippen molar-refractivity contribution in [3.63, 3.8) is 0 Å². The fourth-order valence-corrected chi connectivity index (χ4v) is 3.36. The molecule has 0 amide bonds. The zero-order chi connectivity index (χ0) is 18.1. The highest BCUT2D eigenvalue weighted by Gasteiger charge is 2.34. The van der Waals surface area contributed by atoms with Crippen LogP contribution in [0.25, 0.3) is 11.5 Å². The van der Waals surface area contributed by atoms with Crippen molar-refractivity contribution in [2.45, 2.75) is 31.8 Å². The molecule has 3 aromatic rings. The maximum Gasteiger partial charge on any atom is 0.248 e. The standard InChI is InChI=1S/C18H21N5O3/c1-11-9-12(10-15(20-11)24-3)17-21-22-18(26-17)13-5-4-8-25-16(13)14-6-7-19-23(14)2/h6-7,9-10,13,16H,4-5,8H2,1-3H3/t13-,16-/m1/s1. The van der Waals surface area contributed by atoms with Crippen molar-refractivity contribution in [1.82, 2.24) is 25.0 Å². The zero-order valence-electron chi connectivity index (χ0n) is 15.0. The third-order valence-electron chi connectivity index (χ3n) is 4.62. The van der Waals surface area contributed by atoms with Gasteiger partial charge in [0.15, 0.2) is 0 Å². The Morgan fingerprint density at radius 1 is 1.27 bits per heavy atom. The second-order valence-electron chi connectivity index (χ2n) is 6.40. The average molecular weight is 355 g/mol. The first kappa shape index (κ1) is 16.7. The number of aryl methyl sites for hydroxylation is 2. The average Bonchev–Trinajstić information content (AvgIpc) is 3.30. The van der Waals surface area contributed by atoms with E-state index in [4.69, 9.17) is 13.9 Å². The summed E-state index contributed by atoms with van der Waals surface area (Å²) in [5.41, 5.74) is 2.63. The smallest absolute Gasteiger partial charge is 0.248 e. The first-order chi connectivity index (χ1) is 12.7. The van der Waals surface area contributed by atoms with Gasteiger partial charge >= 0.3 is 0 Å². The molecule has 0 N–H and O–H groups in total. The van der Waals surface area contributed by atoms with E-state index < -0.39 is 0 Å². The normalized spacial score (nSPS) is 20.3. The number of methoxy groups -OCH3 is 1. The molecule has 8 heteroatoms. The molecule has 4 rings (SSSR count). The fourth-order valence-electron chi connectivity index (χ4n) is 3.36. The molecule has 0 unspecified atom stereocenters. The Kier molecular flexibility index (Phi) is 4.42. The molecule has 1 fully saturated rings. The van der Waals surface area contributed by atoms with E-state index in [1.807, 2.05) is 30.8 Å².